The van der Waals surface area contributed by atoms with E-state index in [1.54, 1.807) is 14.0 Å². The molecule has 0 heterocycles. The fraction of sp³-hybridized carbons (Fsp3) is 0.529. The SMILES string of the molecule is Cc1ccc(OCCCC(=O)N(C)CC(C)C(=O)O)cc1C. The van der Waals surface area contributed by atoms with E-state index in [1.807, 2.05) is 32.0 Å². The molecule has 0 bridgehead atoms. The van der Waals surface area contributed by atoms with Crippen molar-refractivity contribution in [3.05, 3.63) is 29.3 Å². The van der Waals surface area contributed by atoms with E-state index in [-0.39, 0.29) is 12.5 Å². The number of benzene rings is 1. The maximum Gasteiger partial charge on any atom is 0.308 e. The molecule has 0 aliphatic rings. The summed E-state index contributed by atoms with van der Waals surface area (Å²) in [7, 11) is 1.63. The Morgan fingerprint density at radius 1 is 1.27 bits per heavy atom. The van der Waals surface area contributed by atoms with E-state index in [9.17, 15) is 9.59 Å². The first-order chi connectivity index (χ1) is 10.3. The summed E-state index contributed by atoms with van der Waals surface area (Å²) in [6.45, 7) is 6.37. The van der Waals surface area contributed by atoms with Gasteiger partial charge in [0.2, 0.25) is 5.91 Å². The minimum atomic E-state index is -0.891. The van der Waals surface area contributed by atoms with Gasteiger partial charge in [-0.3, -0.25) is 9.59 Å². The summed E-state index contributed by atoms with van der Waals surface area (Å²) in [4.78, 5) is 24.1. The van der Waals surface area contributed by atoms with Crippen LogP contribution in [0.5, 0.6) is 5.75 Å². The number of carboxylic acid groups (broad SMARTS) is 1. The van der Waals surface area contributed by atoms with Gasteiger partial charge in [-0.15, -0.1) is 0 Å². The largest absolute Gasteiger partial charge is 0.494 e. The standard InChI is InChI=1S/C17H25NO4/c1-12-7-8-15(10-13(12)2)22-9-5-6-16(19)18(4)11-14(3)17(20)21/h7-8,10,14H,5-6,9,11H2,1-4H3,(H,20,21). The van der Waals surface area contributed by atoms with Crippen LogP contribution >= 0.6 is 0 Å². The number of aryl methyl sites for hydroxylation is 2. The zero-order chi connectivity index (χ0) is 16.7. The van der Waals surface area contributed by atoms with Crippen LogP contribution in [0.15, 0.2) is 18.2 Å². The molecule has 1 aromatic rings. The first-order valence-electron chi connectivity index (χ1n) is 7.48. The lowest BCUT2D eigenvalue weighted by atomic mass is 10.1. The van der Waals surface area contributed by atoms with E-state index >= 15 is 0 Å². The molecule has 1 rings (SSSR count). The number of nitrogens with zero attached hydrogens (tertiary/aromatic N) is 1. The van der Waals surface area contributed by atoms with Crippen molar-refractivity contribution in [2.24, 2.45) is 5.92 Å². The van der Waals surface area contributed by atoms with E-state index < -0.39 is 11.9 Å². The molecule has 0 saturated heterocycles. The molecular weight excluding hydrogens is 282 g/mol. The van der Waals surface area contributed by atoms with Crippen LogP contribution in [0.3, 0.4) is 0 Å². The molecule has 1 unspecified atom stereocenters. The Labute approximate surface area is 131 Å². The number of carboxylic acids is 1. The number of carbonyl (C=O) groups excluding carboxylic acids is 1. The highest BCUT2D eigenvalue weighted by atomic mass is 16.5. The van der Waals surface area contributed by atoms with Gasteiger partial charge in [-0.1, -0.05) is 13.0 Å². The van der Waals surface area contributed by atoms with Crippen molar-refractivity contribution in [2.75, 3.05) is 20.2 Å². The molecule has 0 fully saturated rings. The highest BCUT2D eigenvalue weighted by molar-refractivity contribution is 5.77. The van der Waals surface area contributed by atoms with Gasteiger partial charge in [0.05, 0.1) is 12.5 Å². The van der Waals surface area contributed by atoms with Crippen LogP contribution < -0.4 is 4.74 Å². The molecule has 122 valence electrons. The summed E-state index contributed by atoms with van der Waals surface area (Å²) in [5.74, 6) is -0.696. The Morgan fingerprint density at radius 2 is 1.95 bits per heavy atom. The van der Waals surface area contributed by atoms with E-state index in [0.29, 0.717) is 19.4 Å². The fourth-order valence-electron chi connectivity index (χ4n) is 2.00. The van der Waals surface area contributed by atoms with E-state index in [1.165, 1.54) is 16.0 Å². The molecule has 0 saturated carbocycles. The summed E-state index contributed by atoms with van der Waals surface area (Å²) in [6, 6.07) is 5.92. The van der Waals surface area contributed by atoms with Gasteiger partial charge in [-0.05, 0) is 43.5 Å². The van der Waals surface area contributed by atoms with Gasteiger partial charge in [0.15, 0.2) is 0 Å². The van der Waals surface area contributed by atoms with Gasteiger partial charge < -0.3 is 14.7 Å². The average Bonchev–Trinajstić information content (AvgIpc) is 2.46. The van der Waals surface area contributed by atoms with Crippen molar-refractivity contribution in [3.8, 4) is 5.75 Å². The minimum absolute atomic E-state index is 0.0585. The third kappa shape index (κ3) is 5.76. The second-order valence-electron chi connectivity index (χ2n) is 5.71. The topological polar surface area (TPSA) is 66.8 Å². The van der Waals surface area contributed by atoms with Crippen LogP contribution in [0, 0.1) is 19.8 Å². The van der Waals surface area contributed by atoms with Crippen LogP contribution in [-0.4, -0.2) is 42.1 Å². The summed E-state index contributed by atoms with van der Waals surface area (Å²) < 4.78 is 5.63. The lowest BCUT2D eigenvalue weighted by Gasteiger charge is -2.19. The monoisotopic (exact) mass is 307 g/mol. The van der Waals surface area contributed by atoms with E-state index in [0.717, 1.165) is 5.75 Å². The molecule has 1 aromatic carbocycles. The van der Waals surface area contributed by atoms with Gasteiger partial charge in [-0.25, -0.2) is 0 Å². The van der Waals surface area contributed by atoms with Crippen molar-refractivity contribution in [1.29, 1.82) is 0 Å². The van der Waals surface area contributed by atoms with Gasteiger partial charge in [0.25, 0.3) is 0 Å². The Balaban J connectivity index is 2.30. The molecule has 22 heavy (non-hydrogen) atoms. The molecule has 0 spiro atoms. The predicted molar refractivity (Wildman–Crippen MR) is 85.1 cm³/mol. The minimum Gasteiger partial charge on any atom is -0.494 e. The molecule has 1 amide bonds. The summed E-state index contributed by atoms with van der Waals surface area (Å²) >= 11 is 0. The Kier molecular flexibility index (Phi) is 6.89. The maximum atomic E-state index is 11.9. The zero-order valence-corrected chi connectivity index (χ0v) is 13.8. The number of rotatable bonds is 8. The van der Waals surface area contributed by atoms with Crippen molar-refractivity contribution < 1.29 is 19.4 Å². The maximum absolute atomic E-state index is 11.9. The number of amides is 1. The Bertz CT molecular complexity index is 527. The quantitative estimate of drug-likeness (QED) is 0.750. The summed E-state index contributed by atoms with van der Waals surface area (Å²) in [6.07, 6.45) is 0.964. The zero-order valence-electron chi connectivity index (χ0n) is 13.8. The third-order valence-electron chi connectivity index (χ3n) is 3.68. The molecule has 0 aromatic heterocycles. The van der Waals surface area contributed by atoms with Crippen molar-refractivity contribution in [2.45, 2.75) is 33.6 Å². The normalized spacial score (nSPS) is 11.8. The number of hydrogen-bond donors (Lipinski definition) is 1. The van der Waals surface area contributed by atoms with Crippen LogP contribution in [0.2, 0.25) is 0 Å². The van der Waals surface area contributed by atoms with Gasteiger partial charge in [0.1, 0.15) is 5.75 Å². The molecule has 0 radical (unpaired) electrons. The third-order valence-corrected chi connectivity index (χ3v) is 3.68. The molecule has 0 aliphatic carbocycles. The molecule has 5 nitrogen and oxygen atoms in total. The van der Waals surface area contributed by atoms with Crippen LogP contribution in [0.4, 0.5) is 0 Å². The number of hydrogen-bond acceptors (Lipinski definition) is 3. The van der Waals surface area contributed by atoms with Gasteiger partial charge in [0, 0.05) is 20.0 Å². The Morgan fingerprint density at radius 3 is 2.55 bits per heavy atom. The van der Waals surface area contributed by atoms with Crippen molar-refractivity contribution in [3.63, 3.8) is 0 Å². The van der Waals surface area contributed by atoms with Gasteiger partial charge >= 0.3 is 5.97 Å². The molecule has 1 atom stereocenters. The van der Waals surface area contributed by atoms with E-state index in [2.05, 4.69) is 0 Å². The molecule has 5 heteroatoms. The van der Waals surface area contributed by atoms with Crippen LogP contribution in [-0.2, 0) is 9.59 Å². The molecule has 0 aliphatic heterocycles. The highest BCUT2D eigenvalue weighted by Crippen LogP contribution is 2.16. The van der Waals surface area contributed by atoms with Crippen LogP contribution in [0.1, 0.15) is 30.9 Å². The first-order valence-corrected chi connectivity index (χ1v) is 7.48. The lowest BCUT2D eigenvalue weighted by Crippen LogP contribution is -2.33. The fourth-order valence-corrected chi connectivity index (χ4v) is 2.00. The number of carbonyl (C=O) groups is 2. The molecular formula is C17H25NO4. The summed E-state index contributed by atoms with van der Waals surface area (Å²) in [5, 5.41) is 8.84. The number of ether oxygens (including phenoxy) is 1. The summed E-state index contributed by atoms with van der Waals surface area (Å²) in [5.41, 5.74) is 2.40. The van der Waals surface area contributed by atoms with Gasteiger partial charge in [-0.2, -0.15) is 0 Å². The van der Waals surface area contributed by atoms with Crippen molar-refractivity contribution in [1.82, 2.24) is 4.90 Å². The second-order valence-corrected chi connectivity index (χ2v) is 5.71. The second kappa shape index (κ2) is 8.41. The lowest BCUT2D eigenvalue weighted by molar-refractivity contribution is -0.142. The Hall–Kier alpha value is -2.04. The average molecular weight is 307 g/mol. The first kappa shape index (κ1) is 18.0. The highest BCUT2D eigenvalue weighted by Gasteiger charge is 2.16. The molecule has 1 N–H and O–H groups in total. The number of aliphatic carboxylic acids is 1. The predicted octanol–water partition coefficient (Wildman–Crippen LogP) is 2.64. The van der Waals surface area contributed by atoms with E-state index in [4.69, 9.17) is 9.84 Å². The smallest absolute Gasteiger partial charge is 0.308 e. The van der Waals surface area contributed by atoms with Crippen molar-refractivity contribution >= 4 is 11.9 Å². The van der Waals surface area contributed by atoms with Crippen LogP contribution in [0.25, 0.3) is 0 Å².